The van der Waals surface area contributed by atoms with Crippen molar-refractivity contribution in [3.05, 3.63) is 56.2 Å². The standard InChI is InChI=1S/C14H14BrNOS/c1-10-3-4-12(7-13(10)15)14(17)16(2)8-11-5-6-18-9-11/h3-7,9H,8H2,1-2H3. The molecule has 2 aromatic rings. The zero-order valence-corrected chi connectivity index (χ0v) is 12.7. The number of rotatable bonds is 3. The Hall–Kier alpha value is -1.13. The molecule has 0 radical (unpaired) electrons. The van der Waals surface area contributed by atoms with Crippen LogP contribution in [0.4, 0.5) is 0 Å². The maximum absolute atomic E-state index is 12.2. The maximum atomic E-state index is 12.2. The maximum Gasteiger partial charge on any atom is 0.253 e. The van der Waals surface area contributed by atoms with Crippen LogP contribution in [0.5, 0.6) is 0 Å². The molecule has 0 spiro atoms. The molecule has 0 aliphatic rings. The van der Waals surface area contributed by atoms with Gasteiger partial charge in [-0.15, -0.1) is 0 Å². The van der Waals surface area contributed by atoms with E-state index in [9.17, 15) is 4.79 Å². The van der Waals surface area contributed by atoms with Gasteiger partial charge in [-0.3, -0.25) is 4.79 Å². The van der Waals surface area contributed by atoms with Crippen molar-refractivity contribution in [1.82, 2.24) is 4.90 Å². The number of benzene rings is 1. The van der Waals surface area contributed by atoms with Gasteiger partial charge in [-0.1, -0.05) is 22.0 Å². The van der Waals surface area contributed by atoms with E-state index < -0.39 is 0 Å². The largest absolute Gasteiger partial charge is 0.337 e. The Morgan fingerprint density at radius 1 is 1.39 bits per heavy atom. The summed E-state index contributed by atoms with van der Waals surface area (Å²) in [5.74, 6) is 0.0434. The zero-order chi connectivity index (χ0) is 13.1. The Labute approximate surface area is 119 Å². The number of thiophene rings is 1. The van der Waals surface area contributed by atoms with Crippen LogP contribution in [0.3, 0.4) is 0 Å². The van der Waals surface area contributed by atoms with Crippen molar-refractivity contribution < 1.29 is 4.79 Å². The zero-order valence-electron chi connectivity index (χ0n) is 10.3. The first kappa shape index (κ1) is 13.3. The molecule has 94 valence electrons. The highest BCUT2D eigenvalue weighted by Crippen LogP contribution is 2.19. The summed E-state index contributed by atoms with van der Waals surface area (Å²) in [4.78, 5) is 14.0. The van der Waals surface area contributed by atoms with E-state index in [2.05, 4.69) is 21.3 Å². The van der Waals surface area contributed by atoms with Gasteiger partial charge in [-0.2, -0.15) is 11.3 Å². The molecule has 1 heterocycles. The van der Waals surface area contributed by atoms with Crippen LogP contribution in [0.25, 0.3) is 0 Å². The molecule has 0 aliphatic heterocycles. The van der Waals surface area contributed by atoms with Gasteiger partial charge < -0.3 is 4.90 Å². The number of amides is 1. The third-order valence-electron chi connectivity index (χ3n) is 2.77. The summed E-state index contributed by atoms with van der Waals surface area (Å²) >= 11 is 5.10. The Kier molecular flexibility index (Phi) is 4.19. The number of hydrogen-bond donors (Lipinski definition) is 0. The van der Waals surface area contributed by atoms with Crippen molar-refractivity contribution in [1.29, 1.82) is 0 Å². The predicted octanol–water partition coefficient (Wildman–Crippen LogP) is 4.09. The summed E-state index contributed by atoms with van der Waals surface area (Å²) in [5, 5.41) is 4.09. The Bertz CT molecular complexity index is 551. The molecule has 2 rings (SSSR count). The van der Waals surface area contributed by atoms with Crippen LogP contribution in [-0.4, -0.2) is 17.9 Å². The fraction of sp³-hybridized carbons (Fsp3) is 0.214. The van der Waals surface area contributed by atoms with Crippen LogP contribution in [-0.2, 0) is 6.54 Å². The lowest BCUT2D eigenvalue weighted by Crippen LogP contribution is -2.25. The van der Waals surface area contributed by atoms with Gasteiger partial charge >= 0.3 is 0 Å². The van der Waals surface area contributed by atoms with E-state index in [0.29, 0.717) is 12.1 Å². The topological polar surface area (TPSA) is 20.3 Å². The minimum Gasteiger partial charge on any atom is -0.337 e. The van der Waals surface area contributed by atoms with Crippen LogP contribution in [0.1, 0.15) is 21.5 Å². The fourth-order valence-electron chi connectivity index (χ4n) is 1.67. The summed E-state index contributed by atoms with van der Waals surface area (Å²) < 4.78 is 0.970. The van der Waals surface area contributed by atoms with Crippen molar-refractivity contribution in [2.45, 2.75) is 13.5 Å². The predicted molar refractivity (Wildman–Crippen MR) is 79.0 cm³/mol. The quantitative estimate of drug-likeness (QED) is 0.833. The lowest BCUT2D eigenvalue weighted by atomic mass is 10.1. The molecule has 18 heavy (non-hydrogen) atoms. The first-order chi connectivity index (χ1) is 8.58. The van der Waals surface area contributed by atoms with Crippen molar-refractivity contribution in [2.24, 2.45) is 0 Å². The number of carbonyl (C=O) groups is 1. The van der Waals surface area contributed by atoms with E-state index in [-0.39, 0.29) is 5.91 Å². The van der Waals surface area contributed by atoms with E-state index in [1.807, 2.05) is 43.6 Å². The van der Waals surface area contributed by atoms with Gasteiger partial charge in [0.1, 0.15) is 0 Å². The van der Waals surface area contributed by atoms with Crippen molar-refractivity contribution in [3.63, 3.8) is 0 Å². The number of aryl methyl sites for hydroxylation is 1. The first-order valence-electron chi connectivity index (χ1n) is 5.60. The summed E-state index contributed by atoms with van der Waals surface area (Å²) in [6.45, 7) is 2.65. The van der Waals surface area contributed by atoms with Gasteiger partial charge in [0.15, 0.2) is 0 Å². The first-order valence-corrected chi connectivity index (χ1v) is 7.34. The number of halogens is 1. The minimum absolute atomic E-state index is 0.0434. The molecular weight excluding hydrogens is 310 g/mol. The fourth-order valence-corrected chi connectivity index (χ4v) is 2.71. The number of carbonyl (C=O) groups excluding carboxylic acids is 1. The smallest absolute Gasteiger partial charge is 0.253 e. The lowest BCUT2D eigenvalue weighted by molar-refractivity contribution is 0.0785. The molecule has 0 atom stereocenters. The normalized spacial score (nSPS) is 10.4. The molecule has 4 heteroatoms. The SMILES string of the molecule is Cc1ccc(C(=O)N(C)Cc2ccsc2)cc1Br. The third-order valence-corrected chi connectivity index (χ3v) is 4.35. The van der Waals surface area contributed by atoms with Gasteiger partial charge in [-0.05, 0) is 47.0 Å². The van der Waals surface area contributed by atoms with Crippen LogP contribution in [0, 0.1) is 6.92 Å². The molecule has 0 aliphatic carbocycles. The van der Waals surface area contributed by atoms with E-state index in [1.165, 1.54) is 5.56 Å². The second-order valence-corrected chi connectivity index (χ2v) is 5.89. The molecule has 0 unspecified atom stereocenters. The second kappa shape index (κ2) is 5.67. The molecule has 0 saturated carbocycles. The molecule has 1 aromatic heterocycles. The summed E-state index contributed by atoms with van der Waals surface area (Å²) in [5.41, 5.74) is 3.01. The summed E-state index contributed by atoms with van der Waals surface area (Å²) in [6, 6.07) is 7.74. The van der Waals surface area contributed by atoms with Gasteiger partial charge in [0.25, 0.3) is 5.91 Å². The molecule has 0 bridgehead atoms. The van der Waals surface area contributed by atoms with Gasteiger partial charge in [0.05, 0.1) is 0 Å². The average molecular weight is 324 g/mol. The van der Waals surface area contributed by atoms with Crippen LogP contribution >= 0.6 is 27.3 Å². The average Bonchev–Trinajstić information content (AvgIpc) is 2.84. The van der Waals surface area contributed by atoms with Crippen molar-refractivity contribution in [2.75, 3.05) is 7.05 Å². The van der Waals surface area contributed by atoms with E-state index in [0.717, 1.165) is 10.0 Å². The third kappa shape index (κ3) is 3.00. The lowest BCUT2D eigenvalue weighted by Gasteiger charge is -2.17. The molecular formula is C14H14BrNOS. The Morgan fingerprint density at radius 2 is 2.17 bits per heavy atom. The highest BCUT2D eigenvalue weighted by atomic mass is 79.9. The van der Waals surface area contributed by atoms with E-state index in [4.69, 9.17) is 0 Å². The molecule has 2 nitrogen and oxygen atoms in total. The molecule has 1 amide bonds. The van der Waals surface area contributed by atoms with Crippen LogP contribution < -0.4 is 0 Å². The monoisotopic (exact) mass is 323 g/mol. The number of nitrogens with zero attached hydrogens (tertiary/aromatic N) is 1. The molecule has 0 fully saturated rings. The van der Waals surface area contributed by atoms with Crippen molar-refractivity contribution >= 4 is 33.2 Å². The van der Waals surface area contributed by atoms with Gasteiger partial charge in [0.2, 0.25) is 0 Å². The van der Waals surface area contributed by atoms with Crippen LogP contribution in [0.2, 0.25) is 0 Å². The number of hydrogen-bond acceptors (Lipinski definition) is 2. The highest BCUT2D eigenvalue weighted by Gasteiger charge is 2.13. The second-order valence-electron chi connectivity index (χ2n) is 4.26. The van der Waals surface area contributed by atoms with E-state index in [1.54, 1.807) is 16.2 Å². The van der Waals surface area contributed by atoms with Crippen LogP contribution in [0.15, 0.2) is 39.5 Å². The Balaban J connectivity index is 2.12. The molecule has 1 aromatic carbocycles. The Morgan fingerprint density at radius 3 is 2.78 bits per heavy atom. The summed E-state index contributed by atoms with van der Waals surface area (Å²) in [6.07, 6.45) is 0. The summed E-state index contributed by atoms with van der Waals surface area (Å²) in [7, 11) is 1.83. The van der Waals surface area contributed by atoms with Gasteiger partial charge in [0, 0.05) is 23.6 Å². The minimum atomic E-state index is 0.0434. The highest BCUT2D eigenvalue weighted by molar-refractivity contribution is 9.10. The van der Waals surface area contributed by atoms with Crippen molar-refractivity contribution in [3.8, 4) is 0 Å². The molecule has 0 N–H and O–H groups in total. The molecule has 0 saturated heterocycles. The van der Waals surface area contributed by atoms with E-state index >= 15 is 0 Å². The van der Waals surface area contributed by atoms with Gasteiger partial charge in [-0.25, -0.2) is 0 Å².